The Labute approximate surface area is 103 Å². The van der Waals surface area contributed by atoms with E-state index in [1.165, 1.54) is 7.11 Å². The molecule has 0 aromatic carbocycles. The number of hydrogen-bond donors (Lipinski definition) is 0. The molecule has 0 aromatic rings. The Morgan fingerprint density at radius 3 is 2.59 bits per heavy atom. The second kappa shape index (κ2) is 5.49. The molecule has 0 bridgehead atoms. The Hall–Kier alpha value is -1.10. The van der Waals surface area contributed by atoms with Crippen LogP contribution in [0.25, 0.3) is 0 Å². The summed E-state index contributed by atoms with van der Waals surface area (Å²) < 4.78 is 4.66. The van der Waals surface area contributed by atoms with Crippen LogP contribution in [0.4, 0.5) is 0 Å². The van der Waals surface area contributed by atoms with Crippen LogP contribution in [-0.4, -0.2) is 60.5 Å². The van der Waals surface area contributed by atoms with Crippen LogP contribution in [-0.2, 0) is 14.3 Å². The summed E-state index contributed by atoms with van der Waals surface area (Å²) in [5.41, 5.74) is 0. The van der Waals surface area contributed by atoms with Gasteiger partial charge in [-0.3, -0.25) is 14.5 Å². The molecule has 17 heavy (non-hydrogen) atoms. The fraction of sp³-hybridized carbons (Fsp3) is 0.833. The molecule has 5 nitrogen and oxygen atoms in total. The van der Waals surface area contributed by atoms with Gasteiger partial charge in [0.25, 0.3) is 0 Å². The Balaban J connectivity index is 2.86. The van der Waals surface area contributed by atoms with Crippen molar-refractivity contribution in [3.05, 3.63) is 0 Å². The lowest BCUT2D eigenvalue weighted by Crippen LogP contribution is -2.61. The van der Waals surface area contributed by atoms with Gasteiger partial charge in [0.15, 0.2) is 0 Å². The predicted molar refractivity (Wildman–Crippen MR) is 64.5 cm³/mol. The molecule has 5 heteroatoms. The minimum atomic E-state index is -0.386. The van der Waals surface area contributed by atoms with Crippen molar-refractivity contribution in [2.75, 3.05) is 20.7 Å². The summed E-state index contributed by atoms with van der Waals surface area (Å²) in [4.78, 5) is 27.3. The molecule has 2 unspecified atom stereocenters. The van der Waals surface area contributed by atoms with Crippen LogP contribution in [0.1, 0.15) is 27.2 Å². The Morgan fingerprint density at radius 1 is 1.53 bits per heavy atom. The number of methoxy groups -OCH3 is 1. The Kier molecular flexibility index (Phi) is 4.51. The summed E-state index contributed by atoms with van der Waals surface area (Å²) in [5, 5.41) is 0. The highest BCUT2D eigenvalue weighted by Gasteiger charge is 2.39. The standard InChI is InChI=1S/C12H22N2O3/c1-8(2)14-7-9(3)13(4)12(16)10(14)6-11(15)17-5/h8-10H,6-7H2,1-5H3. The summed E-state index contributed by atoms with van der Waals surface area (Å²) in [6.07, 6.45) is 0.130. The second-order valence-corrected chi connectivity index (χ2v) is 4.88. The third-order valence-corrected chi connectivity index (χ3v) is 3.42. The van der Waals surface area contributed by atoms with Crippen molar-refractivity contribution < 1.29 is 14.3 Å². The maximum Gasteiger partial charge on any atom is 0.307 e. The normalized spacial score (nSPS) is 26.5. The number of nitrogens with zero attached hydrogens (tertiary/aromatic N) is 2. The molecule has 0 saturated carbocycles. The molecule has 1 heterocycles. The Morgan fingerprint density at radius 2 is 2.12 bits per heavy atom. The quantitative estimate of drug-likeness (QED) is 0.676. The largest absolute Gasteiger partial charge is 0.469 e. The molecule has 0 radical (unpaired) electrons. The number of amides is 1. The molecule has 1 aliphatic rings. The van der Waals surface area contributed by atoms with Crippen molar-refractivity contribution in [2.45, 2.75) is 45.3 Å². The van der Waals surface area contributed by atoms with Crippen molar-refractivity contribution in [3.8, 4) is 0 Å². The number of carbonyl (C=O) groups excluding carboxylic acids is 2. The predicted octanol–water partition coefficient (Wildman–Crippen LogP) is 0.489. The number of ether oxygens (including phenoxy) is 1. The summed E-state index contributed by atoms with van der Waals surface area (Å²) in [6, 6.07) is 0.0344. The van der Waals surface area contributed by atoms with Gasteiger partial charge in [-0.25, -0.2) is 0 Å². The first-order valence-electron chi connectivity index (χ1n) is 5.97. The zero-order valence-corrected chi connectivity index (χ0v) is 11.3. The third-order valence-electron chi connectivity index (χ3n) is 3.42. The van der Waals surface area contributed by atoms with Gasteiger partial charge in [0, 0.05) is 25.7 Å². The van der Waals surface area contributed by atoms with Crippen molar-refractivity contribution >= 4 is 11.9 Å². The monoisotopic (exact) mass is 242 g/mol. The van der Waals surface area contributed by atoms with Crippen molar-refractivity contribution in [1.82, 2.24) is 9.80 Å². The molecule has 0 spiro atoms. The molecular formula is C12H22N2O3. The molecule has 0 aliphatic carbocycles. The number of hydrogen-bond acceptors (Lipinski definition) is 4. The highest BCUT2D eigenvalue weighted by atomic mass is 16.5. The van der Waals surface area contributed by atoms with Crippen LogP contribution in [0.3, 0.4) is 0 Å². The van der Waals surface area contributed by atoms with E-state index in [1.54, 1.807) is 11.9 Å². The lowest BCUT2D eigenvalue weighted by molar-refractivity contribution is -0.153. The van der Waals surface area contributed by atoms with Gasteiger partial charge in [0.05, 0.1) is 13.5 Å². The summed E-state index contributed by atoms with van der Waals surface area (Å²) >= 11 is 0. The highest BCUT2D eigenvalue weighted by molar-refractivity contribution is 5.87. The van der Waals surface area contributed by atoms with Crippen molar-refractivity contribution in [2.24, 2.45) is 0 Å². The van der Waals surface area contributed by atoms with Gasteiger partial charge >= 0.3 is 5.97 Å². The molecule has 1 fully saturated rings. The number of rotatable bonds is 3. The van der Waals surface area contributed by atoms with Gasteiger partial charge in [-0.2, -0.15) is 0 Å². The molecule has 1 amide bonds. The minimum absolute atomic E-state index is 0.00264. The first kappa shape index (κ1) is 14.0. The van der Waals surface area contributed by atoms with Gasteiger partial charge in [-0.15, -0.1) is 0 Å². The third kappa shape index (κ3) is 2.97. The van der Waals surface area contributed by atoms with E-state index in [9.17, 15) is 9.59 Å². The fourth-order valence-corrected chi connectivity index (χ4v) is 2.17. The van der Waals surface area contributed by atoms with Crippen LogP contribution in [0.5, 0.6) is 0 Å². The zero-order chi connectivity index (χ0) is 13.2. The average Bonchev–Trinajstić information content (AvgIpc) is 2.28. The second-order valence-electron chi connectivity index (χ2n) is 4.88. The van der Waals surface area contributed by atoms with Gasteiger partial charge < -0.3 is 9.64 Å². The molecule has 0 aromatic heterocycles. The first-order valence-corrected chi connectivity index (χ1v) is 5.97. The molecule has 2 atom stereocenters. The van der Waals surface area contributed by atoms with E-state index < -0.39 is 0 Å². The number of piperazine rings is 1. The summed E-state index contributed by atoms with van der Waals surface area (Å²) in [5.74, 6) is -0.334. The van der Waals surface area contributed by atoms with E-state index >= 15 is 0 Å². The van der Waals surface area contributed by atoms with Crippen molar-refractivity contribution in [3.63, 3.8) is 0 Å². The molecule has 0 N–H and O–H groups in total. The molecule has 1 saturated heterocycles. The van der Waals surface area contributed by atoms with E-state index in [4.69, 9.17) is 0 Å². The van der Waals surface area contributed by atoms with Crippen LogP contribution >= 0.6 is 0 Å². The molecule has 98 valence electrons. The maximum absolute atomic E-state index is 12.2. The molecule has 1 aliphatic heterocycles. The van der Waals surface area contributed by atoms with Gasteiger partial charge in [0.2, 0.25) is 5.91 Å². The number of carbonyl (C=O) groups is 2. The van der Waals surface area contributed by atoms with Crippen LogP contribution in [0.2, 0.25) is 0 Å². The van der Waals surface area contributed by atoms with Crippen molar-refractivity contribution in [1.29, 1.82) is 0 Å². The number of likely N-dealkylation sites (N-methyl/N-ethyl adjacent to an activating group) is 1. The van der Waals surface area contributed by atoms with Gasteiger partial charge in [0.1, 0.15) is 6.04 Å². The van der Waals surface area contributed by atoms with E-state index in [2.05, 4.69) is 9.64 Å². The molecule has 1 rings (SSSR count). The van der Waals surface area contributed by atoms with Gasteiger partial charge in [-0.05, 0) is 20.8 Å². The van der Waals surface area contributed by atoms with Crippen LogP contribution in [0, 0.1) is 0 Å². The fourth-order valence-electron chi connectivity index (χ4n) is 2.17. The van der Waals surface area contributed by atoms with E-state index in [1.807, 2.05) is 20.8 Å². The Bertz CT molecular complexity index is 304. The number of esters is 1. The van der Waals surface area contributed by atoms with Gasteiger partial charge in [-0.1, -0.05) is 0 Å². The summed E-state index contributed by atoms with van der Waals surface area (Å²) in [6.45, 7) is 6.88. The smallest absolute Gasteiger partial charge is 0.307 e. The lowest BCUT2D eigenvalue weighted by Gasteiger charge is -2.44. The van der Waals surface area contributed by atoms with E-state index in [0.29, 0.717) is 0 Å². The average molecular weight is 242 g/mol. The highest BCUT2D eigenvalue weighted by Crippen LogP contribution is 2.20. The van der Waals surface area contributed by atoms with E-state index in [0.717, 1.165) is 6.54 Å². The summed E-state index contributed by atoms with van der Waals surface area (Å²) in [7, 11) is 3.14. The van der Waals surface area contributed by atoms with E-state index in [-0.39, 0.29) is 36.4 Å². The van der Waals surface area contributed by atoms with Crippen LogP contribution < -0.4 is 0 Å². The topological polar surface area (TPSA) is 49.9 Å². The molecular weight excluding hydrogens is 220 g/mol. The zero-order valence-electron chi connectivity index (χ0n) is 11.3. The minimum Gasteiger partial charge on any atom is -0.469 e. The first-order chi connectivity index (χ1) is 7.88. The SMILES string of the molecule is COC(=O)CC1C(=O)N(C)C(C)CN1C(C)C. The maximum atomic E-state index is 12.2. The van der Waals surface area contributed by atoms with Crippen LogP contribution in [0.15, 0.2) is 0 Å². The lowest BCUT2D eigenvalue weighted by atomic mass is 10.0.